The third-order valence-corrected chi connectivity index (χ3v) is 6.82. The molecule has 4 rings (SSSR count). The SMILES string of the molecule is CC(C)(C)OC(=O)N1CCN(c2ncccc2O[C@H]2CC[C@H](Nc3ccc([N+](=O)[O-])c(C(F)(F)F)c3)CC2)CC1. The topological polar surface area (TPSA) is 110 Å². The number of nitro benzene ring substituents is 1. The van der Waals surface area contributed by atoms with Crippen molar-refractivity contribution in [3.63, 3.8) is 0 Å². The van der Waals surface area contributed by atoms with Gasteiger partial charge in [0.1, 0.15) is 11.2 Å². The van der Waals surface area contributed by atoms with Gasteiger partial charge in [0.25, 0.3) is 5.69 Å². The van der Waals surface area contributed by atoms with Gasteiger partial charge in [0.2, 0.25) is 0 Å². The van der Waals surface area contributed by atoms with Gasteiger partial charge in [-0.3, -0.25) is 10.1 Å². The number of pyridine rings is 1. The summed E-state index contributed by atoms with van der Waals surface area (Å²) in [6, 6.07) is 6.57. The third kappa shape index (κ3) is 7.45. The van der Waals surface area contributed by atoms with Gasteiger partial charge in [-0.1, -0.05) is 0 Å². The van der Waals surface area contributed by atoms with Gasteiger partial charge in [0, 0.05) is 50.2 Å². The van der Waals surface area contributed by atoms with E-state index in [4.69, 9.17) is 9.47 Å². The van der Waals surface area contributed by atoms with Crippen molar-refractivity contribution < 1.29 is 32.4 Å². The van der Waals surface area contributed by atoms with E-state index in [1.54, 1.807) is 17.2 Å². The van der Waals surface area contributed by atoms with Gasteiger partial charge >= 0.3 is 12.3 Å². The fourth-order valence-corrected chi connectivity index (χ4v) is 4.89. The van der Waals surface area contributed by atoms with Crippen molar-refractivity contribution in [2.24, 2.45) is 0 Å². The molecule has 1 N–H and O–H groups in total. The second kappa shape index (κ2) is 11.8. The Morgan fingerprint density at radius 1 is 1.07 bits per heavy atom. The lowest BCUT2D eigenvalue weighted by Gasteiger charge is -2.37. The summed E-state index contributed by atoms with van der Waals surface area (Å²) in [7, 11) is 0. The van der Waals surface area contributed by atoms with Crippen molar-refractivity contribution in [1.82, 2.24) is 9.88 Å². The van der Waals surface area contributed by atoms with Crippen LogP contribution in [-0.2, 0) is 10.9 Å². The molecule has 1 aromatic heterocycles. The van der Waals surface area contributed by atoms with E-state index in [1.165, 1.54) is 6.07 Å². The summed E-state index contributed by atoms with van der Waals surface area (Å²) in [6.07, 6.45) is -0.877. The molecule has 1 saturated carbocycles. The maximum Gasteiger partial charge on any atom is 0.423 e. The monoisotopic (exact) mass is 565 g/mol. The molecule has 2 fully saturated rings. The van der Waals surface area contributed by atoms with E-state index in [2.05, 4.69) is 15.2 Å². The number of aromatic nitrogens is 1. The number of carbonyl (C=O) groups is 1. The Bertz CT molecular complexity index is 1200. The number of carbonyl (C=O) groups excluding carboxylic acids is 1. The summed E-state index contributed by atoms with van der Waals surface area (Å²) in [5.74, 6) is 1.35. The van der Waals surface area contributed by atoms with Gasteiger partial charge in [-0.2, -0.15) is 13.2 Å². The molecule has 1 amide bonds. The Labute approximate surface area is 230 Å². The molecule has 40 heavy (non-hydrogen) atoms. The minimum Gasteiger partial charge on any atom is -0.487 e. The van der Waals surface area contributed by atoms with Gasteiger partial charge in [-0.15, -0.1) is 0 Å². The molecule has 0 atom stereocenters. The largest absolute Gasteiger partial charge is 0.487 e. The molecule has 218 valence electrons. The fourth-order valence-electron chi connectivity index (χ4n) is 4.89. The van der Waals surface area contributed by atoms with E-state index in [0.717, 1.165) is 12.1 Å². The lowest BCUT2D eigenvalue weighted by atomic mass is 9.92. The highest BCUT2D eigenvalue weighted by molar-refractivity contribution is 5.68. The number of halogens is 3. The maximum atomic E-state index is 13.3. The Morgan fingerprint density at radius 3 is 2.35 bits per heavy atom. The van der Waals surface area contributed by atoms with E-state index in [0.29, 0.717) is 63.4 Å². The van der Waals surface area contributed by atoms with Crippen molar-refractivity contribution in [2.45, 2.75) is 70.4 Å². The number of alkyl halides is 3. The molecular formula is C27H34F3N5O5. The fraction of sp³-hybridized carbons (Fsp3) is 0.556. The lowest BCUT2D eigenvalue weighted by molar-refractivity contribution is -0.388. The number of nitrogens with one attached hydrogen (secondary N) is 1. The van der Waals surface area contributed by atoms with Crippen molar-refractivity contribution >= 4 is 23.3 Å². The lowest BCUT2D eigenvalue weighted by Crippen LogP contribution is -2.50. The van der Waals surface area contributed by atoms with E-state index in [1.807, 2.05) is 26.8 Å². The molecule has 0 unspecified atom stereocenters. The number of hydrogen-bond donors (Lipinski definition) is 1. The molecule has 2 aromatic rings. The van der Waals surface area contributed by atoms with Crippen LogP contribution in [0.25, 0.3) is 0 Å². The molecule has 1 saturated heterocycles. The average molecular weight is 566 g/mol. The van der Waals surface area contributed by atoms with E-state index >= 15 is 0 Å². The van der Waals surface area contributed by atoms with Crippen molar-refractivity contribution in [1.29, 1.82) is 0 Å². The number of anilines is 2. The minimum absolute atomic E-state index is 0.0864. The van der Waals surface area contributed by atoms with Crippen LogP contribution in [0.3, 0.4) is 0 Å². The predicted molar refractivity (Wildman–Crippen MR) is 143 cm³/mol. The number of nitrogens with zero attached hydrogens (tertiary/aromatic N) is 4. The first-order valence-corrected chi connectivity index (χ1v) is 13.3. The first-order chi connectivity index (χ1) is 18.8. The van der Waals surface area contributed by atoms with Crippen LogP contribution in [0.1, 0.15) is 52.0 Å². The number of piperazine rings is 1. The van der Waals surface area contributed by atoms with Crippen molar-refractivity contribution in [2.75, 3.05) is 36.4 Å². The Balaban J connectivity index is 1.32. The molecule has 2 heterocycles. The van der Waals surface area contributed by atoms with Crippen LogP contribution in [0.15, 0.2) is 36.5 Å². The van der Waals surface area contributed by atoms with E-state index in [9.17, 15) is 28.1 Å². The van der Waals surface area contributed by atoms with Crippen LogP contribution in [0, 0.1) is 10.1 Å². The minimum atomic E-state index is -4.82. The van der Waals surface area contributed by atoms with Crippen molar-refractivity contribution in [3.8, 4) is 5.75 Å². The maximum absolute atomic E-state index is 13.3. The first kappa shape index (κ1) is 29.2. The van der Waals surface area contributed by atoms with Crippen LogP contribution < -0.4 is 15.0 Å². The Kier molecular flexibility index (Phi) is 8.59. The standard InChI is InChI=1S/C27H34F3N5O5/c1-26(2,3)40-25(36)34-15-13-33(14-16-34)24-23(5-4-12-31-24)39-20-9-6-18(7-10-20)32-19-8-11-22(35(37)38)21(17-19)27(28,29)30/h4-5,8,11-12,17-18,20,32H,6-7,9-10,13-16H2,1-3H3/t18-,20-. The number of ether oxygens (including phenoxy) is 2. The highest BCUT2D eigenvalue weighted by atomic mass is 19.4. The highest BCUT2D eigenvalue weighted by Crippen LogP contribution is 2.38. The summed E-state index contributed by atoms with van der Waals surface area (Å²) in [6.45, 7) is 7.67. The zero-order valence-corrected chi connectivity index (χ0v) is 22.7. The van der Waals surface area contributed by atoms with Gasteiger partial charge in [0.15, 0.2) is 11.6 Å². The number of nitro groups is 1. The van der Waals surface area contributed by atoms with Crippen LogP contribution in [0.2, 0.25) is 0 Å². The molecule has 2 aliphatic rings. The zero-order chi connectivity index (χ0) is 29.1. The van der Waals surface area contributed by atoms with Crippen LogP contribution in [-0.4, -0.2) is 64.8 Å². The molecule has 13 heteroatoms. The summed E-state index contributed by atoms with van der Waals surface area (Å²) >= 11 is 0. The summed E-state index contributed by atoms with van der Waals surface area (Å²) < 4.78 is 51.8. The first-order valence-electron chi connectivity index (χ1n) is 13.3. The number of amides is 1. The number of hydrogen-bond acceptors (Lipinski definition) is 8. The van der Waals surface area contributed by atoms with Crippen LogP contribution >= 0.6 is 0 Å². The van der Waals surface area contributed by atoms with E-state index < -0.39 is 28.0 Å². The molecule has 1 aliphatic carbocycles. The summed E-state index contributed by atoms with van der Waals surface area (Å²) in [5, 5.41) is 14.1. The molecule has 1 aromatic carbocycles. The molecule has 10 nitrogen and oxygen atoms in total. The molecular weight excluding hydrogens is 531 g/mol. The second-order valence-electron chi connectivity index (χ2n) is 11.0. The van der Waals surface area contributed by atoms with Gasteiger partial charge in [-0.25, -0.2) is 9.78 Å². The second-order valence-corrected chi connectivity index (χ2v) is 11.0. The van der Waals surface area contributed by atoms with Crippen LogP contribution in [0.4, 0.5) is 35.2 Å². The quantitative estimate of drug-likeness (QED) is 0.342. The zero-order valence-electron chi connectivity index (χ0n) is 22.7. The summed E-state index contributed by atoms with van der Waals surface area (Å²) in [4.78, 5) is 30.7. The number of rotatable bonds is 6. The third-order valence-electron chi connectivity index (χ3n) is 6.82. The molecule has 0 spiro atoms. The number of benzene rings is 1. The highest BCUT2D eigenvalue weighted by Gasteiger charge is 2.38. The smallest absolute Gasteiger partial charge is 0.423 e. The molecule has 0 bridgehead atoms. The van der Waals surface area contributed by atoms with Gasteiger partial charge in [-0.05, 0) is 70.7 Å². The Morgan fingerprint density at radius 2 is 1.75 bits per heavy atom. The van der Waals surface area contributed by atoms with Gasteiger partial charge < -0.3 is 24.6 Å². The van der Waals surface area contributed by atoms with Gasteiger partial charge in [0.05, 0.1) is 11.0 Å². The molecule has 0 radical (unpaired) electrons. The van der Waals surface area contributed by atoms with Crippen LogP contribution in [0.5, 0.6) is 5.75 Å². The van der Waals surface area contributed by atoms with Crippen molar-refractivity contribution in [3.05, 3.63) is 52.2 Å². The Hall–Kier alpha value is -3.77. The normalized spacial score (nSPS) is 20.1. The molecule has 1 aliphatic heterocycles. The van der Waals surface area contributed by atoms with E-state index in [-0.39, 0.29) is 23.9 Å². The average Bonchev–Trinajstić information content (AvgIpc) is 2.89. The summed E-state index contributed by atoms with van der Waals surface area (Å²) in [5.41, 5.74) is -2.59. The predicted octanol–water partition coefficient (Wildman–Crippen LogP) is 5.87.